The number of aromatic nitrogens is 4. The van der Waals surface area contributed by atoms with Crippen LogP contribution in [0.15, 0.2) is 53.3 Å². The van der Waals surface area contributed by atoms with E-state index in [2.05, 4.69) is 25.2 Å². The number of carbonyl (C=O) groups excluding carboxylic acids is 1. The standard InChI is InChI=1S/C21H16N6O2/c1-12-8-7-11-15(23-12)24-21(29)16-13(2)26-27-17(14-9-5-4-6-10-14)19(22-3)25-20(27)18(16)28/h4-11,26H,1-2H3,(H,23,24,29). The number of benzene rings is 1. The van der Waals surface area contributed by atoms with Crippen molar-refractivity contribution in [2.75, 3.05) is 5.32 Å². The first-order chi connectivity index (χ1) is 14.0. The Hall–Kier alpha value is -4.25. The Bertz CT molecular complexity index is 1350. The molecule has 0 aliphatic heterocycles. The number of amides is 1. The Morgan fingerprint density at radius 3 is 2.55 bits per heavy atom. The van der Waals surface area contributed by atoms with Crippen molar-refractivity contribution >= 4 is 23.2 Å². The van der Waals surface area contributed by atoms with Gasteiger partial charge in [-0.05, 0) is 31.5 Å². The average molecular weight is 384 g/mol. The van der Waals surface area contributed by atoms with Gasteiger partial charge in [-0.1, -0.05) is 48.0 Å². The molecule has 0 fully saturated rings. The average Bonchev–Trinajstić information content (AvgIpc) is 3.07. The van der Waals surface area contributed by atoms with Gasteiger partial charge in [0.25, 0.3) is 22.8 Å². The maximum atomic E-state index is 13.1. The second kappa shape index (κ2) is 7.05. The summed E-state index contributed by atoms with van der Waals surface area (Å²) < 4.78 is 1.46. The number of nitrogens with zero attached hydrogens (tertiary/aromatic N) is 4. The molecular formula is C21H16N6O2. The zero-order chi connectivity index (χ0) is 20.5. The van der Waals surface area contributed by atoms with E-state index in [-0.39, 0.29) is 17.0 Å². The van der Waals surface area contributed by atoms with E-state index in [4.69, 9.17) is 6.57 Å². The summed E-state index contributed by atoms with van der Waals surface area (Å²) in [6, 6.07) is 14.4. The molecule has 0 unspecified atom stereocenters. The molecule has 3 aromatic heterocycles. The summed E-state index contributed by atoms with van der Waals surface area (Å²) in [5, 5.41) is 5.67. The lowest BCUT2D eigenvalue weighted by Crippen LogP contribution is -2.26. The largest absolute Gasteiger partial charge is 0.359 e. The van der Waals surface area contributed by atoms with Gasteiger partial charge in [-0.2, -0.15) is 0 Å². The fourth-order valence-corrected chi connectivity index (χ4v) is 3.17. The van der Waals surface area contributed by atoms with Crippen molar-refractivity contribution in [3.8, 4) is 11.3 Å². The molecule has 4 aromatic rings. The molecule has 0 spiro atoms. The van der Waals surface area contributed by atoms with Crippen molar-refractivity contribution < 1.29 is 4.79 Å². The van der Waals surface area contributed by atoms with Crippen molar-refractivity contribution in [1.29, 1.82) is 0 Å². The molecule has 2 N–H and O–H groups in total. The minimum atomic E-state index is -0.585. The number of nitrogens with one attached hydrogen (secondary N) is 2. The minimum absolute atomic E-state index is 0.0113. The van der Waals surface area contributed by atoms with Gasteiger partial charge in [-0.15, -0.1) is 0 Å². The molecule has 0 saturated carbocycles. The van der Waals surface area contributed by atoms with Gasteiger partial charge in [0, 0.05) is 11.4 Å². The minimum Gasteiger partial charge on any atom is -0.359 e. The van der Waals surface area contributed by atoms with Gasteiger partial charge >= 0.3 is 0 Å². The molecule has 29 heavy (non-hydrogen) atoms. The number of hydrogen-bond donors (Lipinski definition) is 2. The van der Waals surface area contributed by atoms with Gasteiger partial charge in [0.1, 0.15) is 17.1 Å². The van der Waals surface area contributed by atoms with E-state index >= 15 is 0 Å². The summed E-state index contributed by atoms with van der Waals surface area (Å²) in [4.78, 5) is 37.7. The molecule has 0 radical (unpaired) electrons. The third-order valence-electron chi connectivity index (χ3n) is 4.45. The van der Waals surface area contributed by atoms with Crippen LogP contribution in [-0.2, 0) is 0 Å². The smallest absolute Gasteiger partial charge is 0.298 e. The van der Waals surface area contributed by atoms with E-state index < -0.39 is 11.3 Å². The Morgan fingerprint density at radius 2 is 1.86 bits per heavy atom. The van der Waals surface area contributed by atoms with Crippen LogP contribution in [0.2, 0.25) is 0 Å². The molecule has 0 bridgehead atoms. The first kappa shape index (κ1) is 18.1. The predicted octanol–water partition coefficient (Wildman–Crippen LogP) is 3.50. The second-order valence-corrected chi connectivity index (χ2v) is 6.48. The quantitative estimate of drug-likeness (QED) is 0.528. The van der Waals surface area contributed by atoms with Gasteiger partial charge in [0.05, 0.1) is 0 Å². The lowest BCUT2D eigenvalue weighted by Gasteiger charge is -2.09. The number of rotatable bonds is 3. The SMILES string of the molecule is [C-]#[N+]c1nc2c(=O)c(C(=O)Nc3cccc(C)n3)c(C)[nH]n2c1-c1ccccc1. The highest BCUT2D eigenvalue weighted by atomic mass is 16.2. The van der Waals surface area contributed by atoms with Gasteiger partial charge in [0.2, 0.25) is 0 Å². The van der Waals surface area contributed by atoms with Crippen LogP contribution in [0.3, 0.4) is 0 Å². The van der Waals surface area contributed by atoms with E-state index in [1.807, 2.05) is 30.3 Å². The molecule has 0 aliphatic rings. The van der Waals surface area contributed by atoms with E-state index in [1.54, 1.807) is 32.0 Å². The van der Waals surface area contributed by atoms with Crippen LogP contribution >= 0.6 is 0 Å². The lowest BCUT2D eigenvalue weighted by atomic mass is 10.1. The first-order valence-electron chi connectivity index (χ1n) is 8.83. The van der Waals surface area contributed by atoms with Crippen LogP contribution in [0, 0.1) is 20.4 Å². The van der Waals surface area contributed by atoms with E-state index in [9.17, 15) is 9.59 Å². The van der Waals surface area contributed by atoms with Gasteiger partial charge in [-0.3, -0.25) is 14.7 Å². The molecule has 0 saturated heterocycles. The molecule has 142 valence electrons. The van der Waals surface area contributed by atoms with Gasteiger partial charge in [-0.25, -0.2) is 9.50 Å². The van der Waals surface area contributed by atoms with E-state index in [0.29, 0.717) is 17.2 Å². The molecule has 4 rings (SSSR count). The Kier molecular flexibility index (Phi) is 4.41. The van der Waals surface area contributed by atoms with Crippen molar-refractivity contribution in [2.45, 2.75) is 13.8 Å². The highest BCUT2D eigenvalue weighted by Crippen LogP contribution is 2.29. The Morgan fingerprint density at radius 1 is 1.10 bits per heavy atom. The highest BCUT2D eigenvalue weighted by Gasteiger charge is 2.25. The number of carbonyl (C=O) groups is 1. The van der Waals surface area contributed by atoms with Crippen molar-refractivity contribution in [1.82, 2.24) is 19.6 Å². The topological polar surface area (TPSA) is 96.5 Å². The number of anilines is 1. The number of hydrogen-bond acceptors (Lipinski definition) is 4. The fourth-order valence-electron chi connectivity index (χ4n) is 3.17. The number of fused-ring (bicyclic) bond motifs is 1. The van der Waals surface area contributed by atoms with Crippen LogP contribution in [-0.4, -0.2) is 25.5 Å². The summed E-state index contributed by atoms with van der Waals surface area (Å²) in [7, 11) is 0. The molecule has 0 atom stereocenters. The number of imidazole rings is 1. The number of aryl methyl sites for hydroxylation is 2. The normalized spacial score (nSPS) is 10.7. The maximum absolute atomic E-state index is 13.1. The molecule has 3 heterocycles. The van der Waals surface area contributed by atoms with Crippen molar-refractivity contribution in [3.05, 3.63) is 87.1 Å². The van der Waals surface area contributed by atoms with Crippen molar-refractivity contribution in [3.63, 3.8) is 0 Å². The van der Waals surface area contributed by atoms with Crippen LogP contribution in [0.1, 0.15) is 21.7 Å². The molecule has 0 aliphatic carbocycles. The zero-order valence-corrected chi connectivity index (χ0v) is 15.7. The third-order valence-corrected chi connectivity index (χ3v) is 4.45. The molecule has 1 amide bonds. The Balaban J connectivity index is 1.87. The Labute approximate surface area is 165 Å². The lowest BCUT2D eigenvalue weighted by molar-refractivity contribution is 0.102. The third kappa shape index (κ3) is 3.15. The maximum Gasteiger partial charge on any atom is 0.298 e. The van der Waals surface area contributed by atoms with Crippen LogP contribution in [0.5, 0.6) is 0 Å². The van der Waals surface area contributed by atoms with Crippen LogP contribution in [0.4, 0.5) is 11.6 Å². The number of aromatic amines is 1. The van der Waals surface area contributed by atoms with Crippen molar-refractivity contribution in [2.24, 2.45) is 0 Å². The van der Waals surface area contributed by atoms with E-state index in [0.717, 1.165) is 11.3 Å². The van der Waals surface area contributed by atoms with Crippen LogP contribution < -0.4 is 10.7 Å². The molecule has 8 nitrogen and oxygen atoms in total. The summed E-state index contributed by atoms with van der Waals surface area (Å²) in [5.74, 6) is -0.149. The predicted molar refractivity (Wildman–Crippen MR) is 109 cm³/mol. The van der Waals surface area contributed by atoms with Crippen LogP contribution in [0.25, 0.3) is 21.7 Å². The second-order valence-electron chi connectivity index (χ2n) is 6.48. The number of pyridine rings is 1. The zero-order valence-electron chi connectivity index (χ0n) is 15.7. The highest BCUT2D eigenvalue weighted by molar-refractivity contribution is 6.05. The van der Waals surface area contributed by atoms with Gasteiger partial charge < -0.3 is 10.2 Å². The molecule has 1 aromatic carbocycles. The summed E-state index contributed by atoms with van der Waals surface area (Å²) >= 11 is 0. The summed E-state index contributed by atoms with van der Waals surface area (Å²) in [6.07, 6.45) is 0. The molecule has 8 heteroatoms. The fraction of sp³-hybridized carbons (Fsp3) is 0.0952. The summed E-state index contributed by atoms with van der Waals surface area (Å²) in [5.41, 5.74) is 1.68. The number of H-pyrrole nitrogens is 1. The van der Waals surface area contributed by atoms with Gasteiger partial charge in [0.15, 0.2) is 0 Å². The molecular weight excluding hydrogens is 368 g/mol. The van der Waals surface area contributed by atoms with E-state index in [1.165, 1.54) is 4.52 Å². The summed E-state index contributed by atoms with van der Waals surface area (Å²) in [6.45, 7) is 10.9. The first-order valence-corrected chi connectivity index (χ1v) is 8.83. The monoisotopic (exact) mass is 384 g/mol.